The normalized spacial score (nSPS) is 33.9. The molecule has 2 bridgehead atoms. The fourth-order valence-corrected chi connectivity index (χ4v) is 5.22. The third kappa shape index (κ3) is 2.40. The lowest BCUT2D eigenvalue weighted by molar-refractivity contribution is 0.0352. The van der Waals surface area contributed by atoms with Crippen LogP contribution in [0.5, 0.6) is 0 Å². The van der Waals surface area contributed by atoms with E-state index in [-0.39, 0.29) is 5.92 Å². The van der Waals surface area contributed by atoms with Crippen LogP contribution in [-0.4, -0.2) is 46.8 Å². The highest BCUT2D eigenvalue weighted by molar-refractivity contribution is 5.41. The molecule has 4 aliphatic rings. The summed E-state index contributed by atoms with van der Waals surface area (Å²) in [5.74, 6) is 3.10. The van der Waals surface area contributed by atoms with Crippen LogP contribution >= 0.6 is 0 Å². The fourth-order valence-electron chi connectivity index (χ4n) is 5.22. The van der Waals surface area contributed by atoms with Crippen molar-refractivity contribution in [3.63, 3.8) is 0 Å². The van der Waals surface area contributed by atoms with E-state index in [1.807, 2.05) is 0 Å². The van der Waals surface area contributed by atoms with Gasteiger partial charge in [-0.15, -0.1) is 0 Å². The molecule has 0 unspecified atom stereocenters. The molecule has 132 valence electrons. The average Bonchev–Trinajstić information content (AvgIpc) is 3.29. The Balaban J connectivity index is 1.53. The van der Waals surface area contributed by atoms with Gasteiger partial charge in [0.1, 0.15) is 0 Å². The zero-order chi connectivity index (χ0) is 17.0. The van der Waals surface area contributed by atoms with E-state index in [1.165, 1.54) is 31.5 Å². The molecule has 3 atom stereocenters. The van der Waals surface area contributed by atoms with E-state index >= 15 is 0 Å². The van der Waals surface area contributed by atoms with Crippen LogP contribution in [0.3, 0.4) is 0 Å². The summed E-state index contributed by atoms with van der Waals surface area (Å²) >= 11 is 0. The lowest BCUT2D eigenvalue weighted by Crippen LogP contribution is -2.60. The molecule has 1 aromatic heterocycles. The average molecular weight is 338 g/mol. The quantitative estimate of drug-likeness (QED) is 0.859. The maximum Gasteiger partial charge on any atom is 0.266 e. The Hall–Kier alpha value is -1.88. The van der Waals surface area contributed by atoms with Crippen LogP contribution in [0.4, 0.5) is 5.95 Å². The van der Waals surface area contributed by atoms with Gasteiger partial charge in [0.25, 0.3) is 5.95 Å². The van der Waals surface area contributed by atoms with Crippen LogP contribution < -0.4 is 4.90 Å². The second kappa shape index (κ2) is 5.84. The number of benzene rings is 1. The molecule has 0 N–H and O–H groups in total. The van der Waals surface area contributed by atoms with Crippen molar-refractivity contribution in [2.24, 2.45) is 5.92 Å². The maximum atomic E-state index is 5.52. The second-order valence-corrected chi connectivity index (χ2v) is 8.11. The first-order valence-corrected chi connectivity index (χ1v) is 9.61. The van der Waals surface area contributed by atoms with Crippen LogP contribution in [-0.2, 0) is 0 Å². The summed E-state index contributed by atoms with van der Waals surface area (Å²) in [7, 11) is 0. The summed E-state index contributed by atoms with van der Waals surface area (Å²) in [6.45, 7) is 7.68. The molecule has 5 heterocycles. The molecular weight excluding hydrogens is 312 g/mol. The number of piperidine rings is 3. The molecule has 5 heteroatoms. The lowest BCUT2D eigenvalue weighted by Gasteiger charge is -2.51. The molecule has 4 fully saturated rings. The molecule has 4 aliphatic heterocycles. The van der Waals surface area contributed by atoms with E-state index < -0.39 is 0 Å². The predicted molar refractivity (Wildman–Crippen MR) is 96.8 cm³/mol. The Morgan fingerprint density at radius 2 is 1.84 bits per heavy atom. The number of rotatable bonds is 3. The number of fused-ring (bicyclic) bond motifs is 2. The van der Waals surface area contributed by atoms with Gasteiger partial charge >= 0.3 is 0 Å². The fraction of sp³-hybridized carbons (Fsp3) is 0.600. The van der Waals surface area contributed by atoms with Gasteiger partial charge in [-0.3, -0.25) is 4.90 Å². The van der Waals surface area contributed by atoms with E-state index in [0.717, 1.165) is 24.3 Å². The number of hydrogen-bond donors (Lipinski definition) is 0. The predicted octanol–water partition coefficient (Wildman–Crippen LogP) is 3.26. The Kier molecular flexibility index (Phi) is 3.59. The SMILES string of the molecule is CC(C)c1nc(N2C[C@H](c3ccccc3)[C@H]3[C@@H]2C2CCN3CC2)no1. The first-order valence-electron chi connectivity index (χ1n) is 9.61. The number of nitrogens with zero attached hydrogens (tertiary/aromatic N) is 4. The van der Waals surface area contributed by atoms with Crippen LogP contribution in [0.15, 0.2) is 34.9 Å². The van der Waals surface area contributed by atoms with Crippen molar-refractivity contribution in [3.8, 4) is 0 Å². The number of anilines is 1. The summed E-state index contributed by atoms with van der Waals surface area (Å²) in [4.78, 5) is 9.89. The molecule has 25 heavy (non-hydrogen) atoms. The molecule has 6 rings (SSSR count). The van der Waals surface area contributed by atoms with Crippen molar-refractivity contribution in [3.05, 3.63) is 41.8 Å². The van der Waals surface area contributed by atoms with Crippen LogP contribution in [0.2, 0.25) is 0 Å². The van der Waals surface area contributed by atoms with E-state index in [9.17, 15) is 0 Å². The first-order chi connectivity index (χ1) is 12.2. The summed E-state index contributed by atoms with van der Waals surface area (Å²) in [6.07, 6.45) is 2.60. The van der Waals surface area contributed by atoms with Gasteiger partial charge in [-0.1, -0.05) is 44.2 Å². The van der Waals surface area contributed by atoms with Crippen molar-refractivity contribution in [1.29, 1.82) is 0 Å². The second-order valence-electron chi connectivity index (χ2n) is 8.11. The van der Waals surface area contributed by atoms with Crippen molar-refractivity contribution < 1.29 is 4.52 Å². The Morgan fingerprint density at radius 1 is 1.08 bits per heavy atom. The molecule has 0 aliphatic carbocycles. The van der Waals surface area contributed by atoms with Crippen LogP contribution in [0.1, 0.15) is 50.0 Å². The zero-order valence-electron chi connectivity index (χ0n) is 15.0. The van der Waals surface area contributed by atoms with Crippen molar-refractivity contribution in [2.75, 3.05) is 24.5 Å². The number of hydrogen-bond acceptors (Lipinski definition) is 5. The Labute approximate surface area is 149 Å². The highest BCUT2D eigenvalue weighted by atomic mass is 16.5. The van der Waals surface area contributed by atoms with Gasteiger partial charge in [0.15, 0.2) is 0 Å². The minimum atomic E-state index is 0.274. The van der Waals surface area contributed by atoms with Gasteiger partial charge in [-0.25, -0.2) is 0 Å². The molecule has 0 radical (unpaired) electrons. The third-order valence-electron chi connectivity index (χ3n) is 6.40. The molecule has 0 saturated carbocycles. The van der Waals surface area contributed by atoms with Crippen LogP contribution in [0, 0.1) is 5.92 Å². The molecule has 1 aromatic carbocycles. The zero-order valence-corrected chi connectivity index (χ0v) is 15.0. The largest absolute Gasteiger partial charge is 0.337 e. The third-order valence-corrected chi connectivity index (χ3v) is 6.40. The summed E-state index contributed by atoms with van der Waals surface area (Å²) in [5, 5.41) is 4.34. The smallest absolute Gasteiger partial charge is 0.266 e. The Bertz CT molecular complexity index is 735. The van der Waals surface area contributed by atoms with Gasteiger partial charge in [0.2, 0.25) is 5.89 Å². The molecule has 5 nitrogen and oxygen atoms in total. The minimum absolute atomic E-state index is 0.274. The highest BCUT2D eigenvalue weighted by Crippen LogP contribution is 2.47. The lowest BCUT2D eigenvalue weighted by atomic mass is 9.75. The molecular formula is C20H26N4O. The monoisotopic (exact) mass is 338 g/mol. The van der Waals surface area contributed by atoms with Crippen molar-refractivity contribution in [1.82, 2.24) is 15.0 Å². The minimum Gasteiger partial charge on any atom is -0.337 e. The van der Waals surface area contributed by atoms with Crippen LogP contribution in [0.25, 0.3) is 0 Å². The maximum absolute atomic E-state index is 5.52. The van der Waals surface area contributed by atoms with Crippen molar-refractivity contribution in [2.45, 2.75) is 50.6 Å². The topological polar surface area (TPSA) is 45.4 Å². The van der Waals surface area contributed by atoms with E-state index in [2.05, 4.69) is 59.1 Å². The molecule has 2 aromatic rings. The highest BCUT2D eigenvalue weighted by Gasteiger charge is 2.54. The Morgan fingerprint density at radius 3 is 2.52 bits per heavy atom. The van der Waals surface area contributed by atoms with Gasteiger partial charge < -0.3 is 9.42 Å². The molecule has 0 spiro atoms. The molecule has 4 saturated heterocycles. The van der Waals surface area contributed by atoms with Crippen molar-refractivity contribution >= 4 is 5.95 Å². The van der Waals surface area contributed by atoms with Gasteiger partial charge in [-0.2, -0.15) is 4.98 Å². The summed E-state index contributed by atoms with van der Waals surface area (Å²) in [5.41, 5.74) is 1.44. The standard InChI is InChI=1S/C20H26N4O/c1-13(2)19-21-20(22-25-19)24-12-16(14-6-4-3-5-7-14)18-17(24)15-8-10-23(18)11-9-15/h3-7,13,15-18H,8-12H2,1-2H3/t16-,17+,18+/m1/s1. The van der Waals surface area contributed by atoms with Gasteiger partial charge in [0.05, 0.1) is 6.04 Å². The summed E-state index contributed by atoms with van der Waals surface area (Å²) < 4.78 is 5.52. The van der Waals surface area contributed by atoms with E-state index in [4.69, 9.17) is 9.51 Å². The summed E-state index contributed by atoms with van der Waals surface area (Å²) in [6, 6.07) is 12.1. The van der Waals surface area contributed by atoms with Gasteiger partial charge in [-0.05, 0) is 42.6 Å². The molecule has 0 amide bonds. The van der Waals surface area contributed by atoms with Gasteiger partial charge in [0, 0.05) is 24.4 Å². The number of aromatic nitrogens is 2. The first kappa shape index (κ1) is 15.4. The van der Waals surface area contributed by atoms with E-state index in [1.54, 1.807) is 0 Å². The van der Waals surface area contributed by atoms with E-state index in [0.29, 0.717) is 18.0 Å².